The zero-order valence-electron chi connectivity index (χ0n) is 11.8. The van der Waals surface area contributed by atoms with Crippen molar-refractivity contribution in [2.24, 2.45) is 0 Å². The molecule has 6 heteroatoms. The van der Waals surface area contributed by atoms with Crippen LogP contribution in [-0.2, 0) is 19.1 Å². The normalized spacial score (nSPS) is 18.6. The van der Waals surface area contributed by atoms with Gasteiger partial charge >= 0.3 is 5.97 Å². The second-order valence-electron chi connectivity index (χ2n) is 4.90. The average Bonchev–Trinajstić information content (AvgIpc) is 2.69. The van der Waals surface area contributed by atoms with Crippen molar-refractivity contribution < 1.29 is 19.1 Å². The maximum Gasteiger partial charge on any atom is 0.325 e. The average molecular weight is 270 g/mol. The van der Waals surface area contributed by atoms with Gasteiger partial charge in [0.2, 0.25) is 11.8 Å². The molecule has 1 rings (SSSR count). The summed E-state index contributed by atoms with van der Waals surface area (Å²) in [7, 11) is 1.35. The minimum absolute atomic E-state index is 0.117. The molecule has 1 saturated heterocycles. The summed E-state index contributed by atoms with van der Waals surface area (Å²) in [4.78, 5) is 35.9. The Kier molecular flexibility index (Phi) is 5.47. The van der Waals surface area contributed by atoms with E-state index in [1.54, 1.807) is 6.92 Å². The molecule has 1 fully saturated rings. The molecule has 0 bridgehead atoms. The standard InChI is InChI=1S/C13H22N2O4/c1-4-14-13(2,12(18)19-3)8-5-9-15-10(16)6-7-11(15)17/h14H,4-9H2,1-3H3. The van der Waals surface area contributed by atoms with E-state index >= 15 is 0 Å². The van der Waals surface area contributed by atoms with Gasteiger partial charge in [-0.1, -0.05) is 6.92 Å². The number of likely N-dealkylation sites (N-methyl/N-ethyl adjacent to an activating group) is 1. The molecule has 108 valence electrons. The molecule has 0 radical (unpaired) electrons. The third-order valence-corrected chi connectivity index (χ3v) is 3.42. The first-order valence-electron chi connectivity index (χ1n) is 6.61. The Labute approximate surface area is 113 Å². The van der Waals surface area contributed by atoms with Crippen LogP contribution in [0.1, 0.15) is 39.5 Å². The maximum atomic E-state index is 11.7. The molecule has 0 spiro atoms. The number of rotatable bonds is 7. The summed E-state index contributed by atoms with van der Waals surface area (Å²) in [6, 6.07) is 0. The van der Waals surface area contributed by atoms with E-state index in [1.165, 1.54) is 12.0 Å². The number of carbonyl (C=O) groups excluding carboxylic acids is 3. The first-order valence-corrected chi connectivity index (χ1v) is 6.61. The fraction of sp³-hybridized carbons (Fsp3) is 0.769. The van der Waals surface area contributed by atoms with Crippen molar-refractivity contribution in [1.29, 1.82) is 0 Å². The van der Waals surface area contributed by atoms with Gasteiger partial charge in [-0.3, -0.25) is 19.3 Å². The summed E-state index contributed by atoms with van der Waals surface area (Å²) in [5, 5.41) is 3.09. The number of likely N-dealkylation sites (tertiary alicyclic amines) is 1. The van der Waals surface area contributed by atoms with Gasteiger partial charge in [-0.25, -0.2) is 0 Å². The second-order valence-corrected chi connectivity index (χ2v) is 4.90. The second kappa shape index (κ2) is 6.65. The molecule has 0 aromatic rings. The Morgan fingerprint density at radius 2 is 1.95 bits per heavy atom. The van der Waals surface area contributed by atoms with Crippen molar-refractivity contribution in [1.82, 2.24) is 10.2 Å². The van der Waals surface area contributed by atoms with Gasteiger partial charge in [0.1, 0.15) is 5.54 Å². The molecule has 1 aliphatic rings. The molecule has 0 aromatic carbocycles. The fourth-order valence-electron chi connectivity index (χ4n) is 2.34. The van der Waals surface area contributed by atoms with Crippen molar-refractivity contribution >= 4 is 17.8 Å². The van der Waals surface area contributed by atoms with Crippen molar-refractivity contribution in [3.05, 3.63) is 0 Å². The quantitative estimate of drug-likeness (QED) is 0.537. The number of imide groups is 1. The van der Waals surface area contributed by atoms with Crippen LogP contribution in [0.15, 0.2) is 0 Å². The zero-order valence-corrected chi connectivity index (χ0v) is 11.8. The number of methoxy groups -OCH3 is 1. The molecule has 1 atom stereocenters. The first-order chi connectivity index (χ1) is 8.94. The van der Waals surface area contributed by atoms with Gasteiger partial charge in [-0.15, -0.1) is 0 Å². The lowest BCUT2D eigenvalue weighted by molar-refractivity contribution is -0.148. The Bertz CT molecular complexity index is 354. The summed E-state index contributed by atoms with van der Waals surface area (Å²) in [5.74, 6) is -0.560. The lowest BCUT2D eigenvalue weighted by Gasteiger charge is -2.28. The minimum Gasteiger partial charge on any atom is -0.468 e. The lowest BCUT2D eigenvalue weighted by Crippen LogP contribution is -2.50. The Morgan fingerprint density at radius 3 is 2.42 bits per heavy atom. The monoisotopic (exact) mass is 270 g/mol. The summed E-state index contributed by atoms with van der Waals surface area (Å²) < 4.78 is 4.78. The van der Waals surface area contributed by atoms with Crippen LogP contribution in [0.4, 0.5) is 0 Å². The predicted octanol–water partition coefficient (Wildman–Crippen LogP) is 0.457. The van der Waals surface area contributed by atoms with Crippen molar-refractivity contribution in [2.75, 3.05) is 20.2 Å². The van der Waals surface area contributed by atoms with Crippen LogP contribution >= 0.6 is 0 Å². The number of nitrogens with one attached hydrogen (secondary N) is 1. The van der Waals surface area contributed by atoms with E-state index in [1.807, 2.05) is 6.92 Å². The molecule has 0 aromatic heterocycles. The molecule has 1 unspecified atom stereocenters. The summed E-state index contributed by atoms with van der Waals surface area (Å²) in [6.07, 6.45) is 1.71. The highest BCUT2D eigenvalue weighted by Crippen LogP contribution is 2.17. The van der Waals surface area contributed by atoms with Gasteiger partial charge in [-0.2, -0.15) is 0 Å². The van der Waals surface area contributed by atoms with Gasteiger partial charge in [0, 0.05) is 19.4 Å². The number of esters is 1. The number of nitrogens with zero attached hydrogens (tertiary/aromatic N) is 1. The number of hydrogen-bond acceptors (Lipinski definition) is 5. The summed E-state index contributed by atoms with van der Waals surface area (Å²) in [6.45, 7) is 4.70. The molecule has 0 aliphatic carbocycles. The lowest BCUT2D eigenvalue weighted by atomic mass is 9.95. The van der Waals surface area contributed by atoms with E-state index in [-0.39, 0.29) is 17.8 Å². The minimum atomic E-state index is -0.769. The fourth-order valence-corrected chi connectivity index (χ4v) is 2.34. The van der Waals surface area contributed by atoms with Gasteiger partial charge in [0.15, 0.2) is 0 Å². The van der Waals surface area contributed by atoms with Crippen LogP contribution in [0.2, 0.25) is 0 Å². The topological polar surface area (TPSA) is 75.7 Å². The Balaban J connectivity index is 2.51. The molecule has 6 nitrogen and oxygen atoms in total. The number of ether oxygens (including phenoxy) is 1. The van der Waals surface area contributed by atoms with Crippen molar-refractivity contribution in [2.45, 2.75) is 45.1 Å². The van der Waals surface area contributed by atoms with E-state index < -0.39 is 5.54 Å². The Morgan fingerprint density at radius 1 is 1.37 bits per heavy atom. The zero-order chi connectivity index (χ0) is 14.5. The van der Waals surface area contributed by atoms with Crippen molar-refractivity contribution in [3.8, 4) is 0 Å². The third-order valence-electron chi connectivity index (χ3n) is 3.42. The van der Waals surface area contributed by atoms with Crippen LogP contribution in [0.25, 0.3) is 0 Å². The SMILES string of the molecule is CCNC(C)(CCCN1C(=O)CCC1=O)C(=O)OC. The van der Waals surface area contributed by atoms with E-state index in [2.05, 4.69) is 5.32 Å². The molecular weight excluding hydrogens is 248 g/mol. The maximum absolute atomic E-state index is 11.7. The van der Waals surface area contributed by atoms with Gasteiger partial charge < -0.3 is 10.1 Å². The number of hydrogen-bond donors (Lipinski definition) is 1. The van der Waals surface area contributed by atoms with E-state index in [4.69, 9.17) is 4.74 Å². The van der Waals surface area contributed by atoms with E-state index in [9.17, 15) is 14.4 Å². The predicted molar refractivity (Wildman–Crippen MR) is 69.3 cm³/mol. The van der Waals surface area contributed by atoms with E-state index in [0.29, 0.717) is 38.8 Å². The third kappa shape index (κ3) is 3.76. The first kappa shape index (κ1) is 15.6. The van der Waals surface area contributed by atoms with Crippen LogP contribution in [0.5, 0.6) is 0 Å². The van der Waals surface area contributed by atoms with E-state index in [0.717, 1.165) is 0 Å². The molecule has 19 heavy (non-hydrogen) atoms. The molecule has 1 aliphatic heterocycles. The molecule has 1 heterocycles. The highest BCUT2D eigenvalue weighted by Gasteiger charge is 2.34. The smallest absolute Gasteiger partial charge is 0.325 e. The highest BCUT2D eigenvalue weighted by molar-refractivity contribution is 6.01. The number of amides is 2. The van der Waals surface area contributed by atoms with Crippen LogP contribution in [0.3, 0.4) is 0 Å². The van der Waals surface area contributed by atoms with Gasteiger partial charge in [0.25, 0.3) is 0 Å². The molecule has 0 saturated carbocycles. The molecule has 2 amide bonds. The van der Waals surface area contributed by atoms with Crippen molar-refractivity contribution in [3.63, 3.8) is 0 Å². The van der Waals surface area contributed by atoms with Gasteiger partial charge in [0.05, 0.1) is 7.11 Å². The van der Waals surface area contributed by atoms with Crippen LogP contribution in [-0.4, -0.2) is 48.4 Å². The number of carbonyl (C=O) groups is 3. The summed E-state index contributed by atoms with van der Waals surface area (Å²) in [5.41, 5.74) is -0.769. The van der Waals surface area contributed by atoms with Crippen LogP contribution < -0.4 is 5.32 Å². The van der Waals surface area contributed by atoms with Crippen LogP contribution in [0, 0.1) is 0 Å². The molecular formula is C13H22N2O4. The largest absolute Gasteiger partial charge is 0.468 e. The highest BCUT2D eigenvalue weighted by atomic mass is 16.5. The Hall–Kier alpha value is -1.43. The summed E-state index contributed by atoms with van der Waals surface area (Å²) >= 11 is 0. The molecule has 1 N–H and O–H groups in total. The van der Waals surface area contributed by atoms with Gasteiger partial charge in [-0.05, 0) is 26.3 Å².